The highest BCUT2D eigenvalue weighted by atomic mass is 19.1. The Balaban J connectivity index is 1.69. The maximum Gasteiger partial charge on any atom is 0.318 e. The molecule has 0 radical (unpaired) electrons. The molecule has 128 valence electrons. The van der Waals surface area contributed by atoms with E-state index in [9.17, 15) is 8.78 Å². The lowest BCUT2D eigenvalue weighted by atomic mass is 9.94. The minimum atomic E-state index is -0.447. The van der Waals surface area contributed by atoms with Crippen molar-refractivity contribution in [3.8, 4) is 6.01 Å². The molecule has 6 heteroatoms. The van der Waals surface area contributed by atoms with E-state index in [1.165, 1.54) is 18.6 Å². The number of aromatic nitrogens is 2. The van der Waals surface area contributed by atoms with E-state index in [1.54, 1.807) is 12.1 Å². The second kappa shape index (κ2) is 7.55. The van der Waals surface area contributed by atoms with Crippen LogP contribution < -0.4 is 9.64 Å². The van der Waals surface area contributed by atoms with E-state index in [2.05, 4.69) is 9.97 Å². The Labute approximate surface area is 140 Å². The van der Waals surface area contributed by atoms with Crippen LogP contribution in [0.5, 0.6) is 6.01 Å². The molecule has 0 aliphatic heterocycles. The molecule has 4 nitrogen and oxygen atoms in total. The van der Waals surface area contributed by atoms with Crippen molar-refractivity contribution in [3.63, 3.8) is 0 Å². The van der Waals surface area contributed by atoms with Crippen LogP contribution in [0.1, 0.15) is 37.7 Å². The molecular formula is C18H21F2N3O. The second-order valence-electron chi connectivity index (χ2n) is 6.14. The molecule has 1 fully saturated rings. The molecule has 0 amide bonds. The van der Waals surface area contributed by atoms with Crippen molar-refractivity contribution in [1.82, 2.24) is 9.97 Å². The van der Waals surface area contributed by atoms with Gasteiger partial charge in [-0.1, -0.05) is 31.4 Å². The third-order valence-electron chi connectivity index (χ3n) is 4.44. The summed E-state index contributed by atoms with van der Waals surface area (Å²) < 4.78 is 32.5. The summed E-state index contributed by atoms with van der Waals surface area (Å²) in [6.45, 7) is 0.207. The molecule has 1 aliphatic carbocycles. The predicted molar refractivity (Wildman–Crippen MR) is 88.0 cm³/mol. The van der Waals surface area contributed by atoms with Crippen LogP contribution in [0.3, 0.4) is 0 Å². The van der Waals surface area contributed by atoms with Crippen LogP contribution in [0.15, 0.2) is 30.5 Å². The number of benzene rings is 1. The van der Waals surface area contributed by atoms with Gasteiger partial charge in [-0.2, -0.15) is 4.98 Å². The first kappa shape index (κ1) is 16.6. The predicted octanol–water partition coefficient (Wildman–Crippen LogP) is 4.10. The molecule has 1 aromatic heterocycles. The zero-order valence-electron chi connectivity index (χ0n) is 13.7. The van der Waals surface area contributed by atoms with Crippen LogP contribution in [0, 0.1) is 11.6 Å². The van der Waals surface area contributed by atoms with Gasteiger partial charge in [-0.15, -0.1) is 0 Å². The smallest absolute Gasteiger partial charge is 0.318 e. The second-order valence-corrected chi connectivity index (χ2v) is 6.14. The Morgan fingerprint density at radius 2 is 1.83 bits per heavy atom. The molecule has 0 spiro atoms. The van der Waals surface area contributed by atoms with E-state index in [0.29, 0.717) is 6.04 Å². The zero-order chi connectivity index (χ0) is 16.9. The van der Waals surface area contributed by atoms with Gasteiger partial charge in [-0.3, -0.25) is 0 Å². The SMILES string of the molecule is CN(c1nc(OCc2ccc(F)cc2)ncc1F)C1CCCCC1. The average Bonchev–Trinajstić information content (AvgIpc) is 2.62. The maximum absolute atomic E-state index is 14.1. The van der Waals surface area contributed by atoms with Gasteiger partial charge in [0.05, 0.1) is 6.20 Å². The molecule has 3 rings (SSSR count). The molecule has 0 N–H and O–H groups in total. The molecule has 0 unspecified atom stereocenters. The maximum atomic E-state index is 14.1. The molecule has 1 saturated carbocycles. The van der Waals surface area contributed by atoms with Crippen LogP contribution >= 0.6 is 0 Å². The Morgan fingerprint density at radius 3 is 2.54 bits per heavy atom. The summed E-state index contributed by atoms with van der Waals surface area (Å²) in [7, 11) is 1.87. The van der Waals surface area contributed by atoms with Crippen LogP contribution in [0.2, 0.25) is 0 Å². The van der Waals surface area contributed by atoms with Gasteiger partial charge in [-0.05, 0) is 30.5 Å². The number of anilines is 1. The van der Waals surface area contributed by atoms with Crippen molar-refractivity contribution in [2.75, 3.05) is 11.9 Å². The highest BCUT2D eigenvalue weighted by Gasteiger charge is 2.22. The van der Waals surface area contributed by atoms with Gasteiger partial charge in [0.2, 0.25) is 0 Å². The van der Waals surface area contributed by atoms with Crippen molar-refractivity contribution in [2.24, 2.45) is 0 Å². The monoisotopic (exact) mass is 333 g/mol. The molecule has 24 heavy (non-hydrogen) atoms. The van der Waals surface area contributed by atoms with E-state index in [4.69, 9.17) is 4.74 Å². The van der Waals surface area contributed by atoms with Crippen molar-refractivity contribution in [3.05, 3.63) is 47.7 Å². The van der Waals surface area contributed by atoms with E-state index < -0.39 is 5.82 Å². The highest BCUT2D eigenvalue weighted by Crippen LogP contribution is 2.27. The van der Waals surface area contributed by atoms with Gasteiger partial charge in [-0.25, -0.2) is 13.8 Å². The summed E-state index contributed by atoms with van der Waals surface area (Å²) in [6.07, 6.45) is 6.80. The molecule has 2 aromatic rings. The summed E-state index contributed by atoms with van der Waals surface area (Å²) in [5, 5.41) is 0. The van der Waals surface area contributed by atoms with Crippen LogP contribution in [-0.4, -0.2) is 23.1 Å². The lowest BCUT2D eigenvalue weighted by Crippen LogP contribution is -2.34. The number of halogens is 2. The Kier molecular flexibility index (Phi) is 5.23. The molecule has 0 bridgehead atoms. The number of hydrogen-bond donors (Lipinski definition) is 0. The van der Waals surface area contributed by atoms with Gasteiger partial charge in [0.1, 0.15) is 12.4 Å². The average molecular weight is 333 g/mol. The third-order valence-corrected chi connectivity index (χ3v) is 4.44. The first-order valence-corrected chi connectivity index (χ1v) is 8.26. The van der Waals surface area contributed by atoms with Crippen molar-refractivity contribution in [2.45, 2.75) is 44.8 Å². The molecule has 0 saturated heterocycles. The van der Waals surface area contributed by atoms with Gasteiger partial charge >= 0.3 is 6.01 Å². The lowest BCUT2D eigenvalue weighted by molar-refractivity contribution is 0.279. The summed E-state index contributed by atoms with van der Waals surface area (Å²) in [5.74, 6) is -0.476. The van der Waals surface area contributed by atoms with E-state index in [0.717, 1.165) is 37.4 Å². The molecule has 1 aromatic carbocycles. The third kappa shape index (κ3) is 3.99. The Morgan fingerprint density at radius 1 is 1.12 bits per heavy atom. The summed E-state index contributed by atoms with van der Waals surface area (Å²) >= 11 is 0. The largest absolute Gasteiger partial charge is 0.459 e. The summed E-state index contributed by atoms with van der Waals surface area (Å²) in [4.78, 5) is 10.0. The highest BCUT2D eigenvalue weighted by molar-refractivity contribution is 5.40. The standard InChI is InChI=1S/C18H21F2N3O/c1-23(15-5-3-2-4-6-15)17-16(20)11-21-18(22-17)24-12-13-7-9-14(19)10-8-13/h7-11,15H,2-6,12H2,1H3. The molecule has 1 aliphatic rings. The van der Waals surface area contributed by atoms with Crippen LogP contribution in [0.25, 0.3) is 0 Å². The Bertz CT molecular complexity index is 672. The van der Waals surface area contributed by atoms with Gasteiger partial charge < -0.3 is 9.64 Å². The first-order valence-electron chi connectivity index (χ1n) is 8.26. The Hall–Kier alpha value is -2.24. The van der Waals surface area contributed by atoms with Crippen molar-refractivity contribution in [1.29, 1.82) is 0 Å². The van der Waals surface area contributed by atoms with E-state index in [-0.39, 0.29) is 24.3 Å². The number of hydrogen-bond acceptors (Lipinski definition) is 4. The number of rotatable bonds is 5. The van der Waals surface area contributed by atoms with E-state index in [1.807, 2.05) is 11.9 Å². The topological polar surface area (TPSA) is 38.2 Å². The molecule has 0 atom stereocenters. The van der Waals surface area contributed by atoms with Crippen LogP contribution in [0.4, 0.5) is 14.6 Å². The number of ether oxygens (including phenoxy) is 1. The van der Waals surface area contributed by atoms with E-state index >= 15 is 0 Å². The zero-order valence-corrected chi connectivity index (χ0v) is 13.7. The van der Waals surface area contributed by atoms with Crippen molar-refractivity contribution >= 4 is 5.82 Å². The van der Waals surface area contributed by atoms with Crippen molar-refractivity contribution < 1.29 is 13.5 Å². The fourth-order valence-electron chi connectivity index (χ4n) is 3.03. The fourth-order valence-corrected chi connectivity index (χ4v) is 3.03. The quantitative estimate of drug-likeness (QED) is 0.825. The summed E-state index contributed by atoms with van der Waals surface area (Å²) in [6, 6.07) is 6.42. The fraction of sp³-hybridized carbons (Fsp3) is 0.444. The summed E-state index contributed by atoms with van der Waals surface area (Å²) in [5.41, 5.74) is 0.798. The number of nitrogens with zero attached hydrogens (tertiary/aromatic N) is 3. The first-order chi connectivity index (χ1) is 11.6. The molecular weight excluding hydrogens is 312 g/mol. The van der Waals surface area contributed by atoms with Crippen LogP contribution in [-0.2, 0) is 6.61 Å². The van der Waals surface area contributed by atoms with Gasteiger partial charge in [0.25, 0.3) is 0 Å². The van der Waals surface area contributed by atoms with Gasteiger partial charge in [0.15, 0.2) is 11.6 Å². The van der Waals surface area contributed by atoms with Gasteiger partial charge in [0, 0.05) is 13.1 Å². The minimum Gasteiger partial charge on any atom is -0.459 e. The molecule has 1 heterocycles. The minimum absolute atomic E-state index is 0.124. The lowest BCUT2D eigenvalue weighted by Gasteiger charge is -2.32. The normalized spacial score (nSPS) is 15.3.